The number of carbonyl (C=O) groups excluding carboxylic acids is 2. The molecule has 3 N–H and O–H groups in total. The summed E-state index contributed by atoms with van der Waals surface area (Å²) < 4.78 is 62.1. The number of halogens is 4. The lowest BCUT2D eigenvalue weighted by Crippen LogP contribution is -2.34. The summed E-state index contributed by atoms with van der Waals surface area (Å²) in [7, 11) is -4.47. The van der Waals surface area contributed by atoms with Crippen molar-refractivity contribution in [1.82, 2.24) is 10.0 Å². The van der Waals surface area contributed by atoms with Crippen molar-refractivity contribution >= 4 is 39.1 Å². The molecule has 2 rings (SSSR count). The summed E-state index contributed by atoms with van der Waals surface area (Å²) in [6.45, 7) is -0.460. The average Bonchev–Trinajstić information content (AvgIpc) is 2.68. The topological polar surface area (TPSA) is 104 Å². The number of benzene rings is 2. The fourth-order valence-corrected chi connectivity index (χ4v) is 3.50. The molecule has 0 fully saturated rings. The number of sulfonamides is 1. The number of hydrogen-bond acceptors (Lipinski definition) is 4. The maximum atomic E-state index is 12.3. The Morgan fingerprint density at radius 1 is 1.10 bits per heavy atom. The fourth-order valence-electron chi connectivity index (χ4n) is 2.26. The van der Waals surface area contributed by atoms with E-state index >= 15 is 0 Å². The smallest absolute Gasteiger partial charge is 0.343 e. The van der Waals surface area contributed by atoms with Crippen molar-refractivity contribution in [3.63, 3.8) is 0 Å². The van der Waals surface area contributed by atoms with Gasteiger partial charge in [0.2, 0.25) is 15.9 Å². The summed E-state index contributed by atoms with van der Waals surface area (Å²) >= 11 is 5.97. The molecule has 30 heavy (non-hydrogen) atoms. The number of amides is 2. The largest absolute Gasteiger partial charge is 0.402 e. The van der Waals surface area contributed by atoms with Gasteiger partial charge in [-0.1, -0.05) is 23.7 Å². The molecule has 2 aromatic carbocycles. The van der Waals surface area contributed by atoms with Gasteiger partial charge in [0.1, 0.15) is 6.54 Å². The third-order valence-corrected chi connectivity index (χ3v) is 5.63. The average molecular weight is 464 g/mol. The van der Waals surface area contributed by atoms with Gasteiger partial charge in [-0.2, -0.15) is 13.2 Å². The minimum Gasteiger partial charge on any atom is -0.343 e. The molecule has 0 unspecified atom stereocenters. The van der Waals surface area contributed by atoms with E-state index in [9.17, 15) is 31.2 Å². The van der Waals surface area contributed by atoms with Gasteiger partial charge in [-0.05, 0) is 42.8 Å². The predicted octanol–water partition coefficient (Wildman–Crippen LogP) is 2.86. The summed E-state index contributed by atoms with van der Waals surface area (Å²) in [6.07, 6.45) is -4.73. The Bertz CT molecular complexity index is 1060. The maximum Gasteiger partial charge on any atom is 0.402 e. The molecule has 0 aromatic heterocycles. The molecule has 12 heteroatoms. The Hall–Kier alpha value is -2.63. The van der Waals surface area contributed by atoms with Gasteiger partial charge in [-0.15, -0.1) is 0 Å². The van der Waals surface area contributed by atoms with E-state index in [1.165, 1.54) is 16.9 Å². The van der Waals surface area contributed by atoms with Gasteiger partial charge in [0, 0.05) is 16.3 Å². The van der Waals surface area contributed by atoms with E-state index in [-0.39, 0.29) is 5.56 Å². The Morgan fingerprint density at radius 2 is 1.77 bits per heavy atom. The Labute approximate surface area is 175 Å². The van der Waals surface area contributed by atoms with Crippen LogP contribution < -0.4 is 15.4 Å². The Morgan fingerprint density at radius 3 is 2.43 bits per heavy atom. The molecule has 0 aliphatic heterocycles. The first-order valence-corrected chi connectivity index (χ1v) is 10.2. The second-order valence-corrected chi connectivity index (χ2v) is 8.28. The van der Waals surface area contributed by atoms with Gasteiger partial charge in [-0.25, -0.2) is 13.1 Å². The van der Waals surface area contributed by atoms with E-state index in [0.717, 1.165) is 12.1 Å². The van der Waals surface area contributed by atoms with Crippen molar-refractivity contribution in [2.75, 3.05) is 18.4 Å². The van der Waals surface area contributed by atoms with Crippen molar-refractivity contribution in [2.24, 2.45) is 0 Å². The minimum atomic E-state index is -4.73. The van der Waals surface area contributed by atoms with E-state index in [0.29, 0.717) is 16.3 Å². The lowest BCUT2D eigenvalue weighted by molar-refractivity contribution is -0.121. The first-order valence-electron chi connectivity index (χ1n) is 8.39. The van der Waals surface area contributed by atoms with E-state index in [2.05, 4.69) is 10.6 Å². The van der Waals surface area contributed by atoms with Crippen LogP contribution in [-0.2, 0) is 14.8 Å². The lowest BCUT2D eigenvalue weighted by Gasteiger charge is -2.11. The van der Waals surface area contributed by atoms with E-state index < -0.39 is 46.0 Å². The molecule has 0 spiro atoms. The lowest BCUT2D eigenvalue weighted by atomic mass is 10.2. The molecule has 0 radical (unpaired) electrons. The van der Waals surface area contributed by atoms with Crippen LogP contribution in [0.5, 0.6) is 0 Å². The molecule has 0 aliphatic rings. The third-order valence-electron chi connectivity index (χ3n) is 3.82. The van der Waals surface area contributed by atoms with Crippen molar-refractivity contribution in [2.45, 2.75) is 18.0 Å². The Kier molecular flexibility index (Phi) is 7.45. The Balaban J connectivity index is 2.01. The van der Waals surface area contributed by atoms with Gasteiger partial charge in [0.25, 0.3) is 5.91 Å². The second-order valence-electron chi connectivity index (χ2n) is 6.11. The molecule has 7 nitrogen and oxygen atoms in total. The van der Waals surface area contributed by atoms with Crippen LogP contribution in [0.2, 0.25) is 5.02 Å². The van der Waals surface area contributed by atoms with Gasteiger partial charge in [0.15, 0.2) is 0 Å². The molecule has 0 bridgehead atoms. The van der Waals surface area contributed by atoms with Crippen molar-refractivity contribution in [3.8, 4) is 0 Å². The summed E-state index contributed by atoms with van der Waals surface area (Å²) in [4.78, 5) is 23.7. The highest BCUT2D eigenvalue weighted by Crippen LogP contribution is 2.22. The summed E-state index contributed by atoms with van der Waals surface area (Å²) in [5.41, 5.74) is 0.963. The highest BCUT2D eigenvalue weighted by atomic mass is 35.5. The van der Waals surface area contributed by atoms with Gasteiger partial charge < -0.3 is 10.6 Å². The zero-order chi connectivity index (χ0) is 22.5. The van der Waals surface area contributed by atoms with E-state index in [4.69, 9.17) is 11.6 Å². The zero-order valence-corrected chi connectivity index (χ0v) is 17.1. The number of anilines is 1. The van der Waals surface area contributed by atoms with Crippen LogP contribution in [0, 0.1) is 6.92 Å². The fraction of sp³-hybridized carbons (Fsp3) is 0.222. The number of rotatable bonds is 7. The SMILES string of the molecule is Cc1c(Cl)cccc1NC(=O)CNC(=O)c1cccc(S(=O)(=O)NCC(F)(F)F)c1. The molecule has 0 saturated heterocycles. The highest BCUT2D eigenvalue weighted by molar-refractivity contribution is 7.89. The van der Waals surface area contributed by atoms with Gasteiger partial charge in [-0.3, -0.25) is 9.59 Å². The molecule has 2 aromatic rings. The first-order chi connectivity index (χ1) is 13.9. The number of nitrogens with one attached hydrogen (secondary N) is 3. The molecule has 0 atom stereocenters. The standard InChI is InChI=1S/C18H17ClF3N3O4S/c1-11-14(19)6-3-7-15(11)25-16(26)9-23-17(27)12-4-2-5-13(8-12)30(28,29)24-10-18(20,21)22/h2-8,24H,9-10H2,1H3,(H,23,27)(H,25,26). The van der Waals surface area contributed by atoms with Gasteiger partial charge in [0.05, 0.1) is 11.4 Å². The monoisotopic (exact) mass is 463 g/mol. The molecular formula is C18H17ClF3N3O4S. The normalized spacial score (nSPS) is 11.8. The maximum absolute atomic E-state index is 12.3. The molecule has 2 amide bonds. The molecule has 0 saturated carbocycles. The van der Waals surface area contributed by atoms with Crippen LogP contribution in [0.3, 0.4) is 0 Å². The number of alkyl halides is 3. The van der Waals surface area contributed by atoms with E-state index in [1.54, 1.807) is 25.1 Å². The molecule has 0 aliphatic carbocycles. The summed E-state index contributed by atoms with van der Waals surface area (Å²) in [5.74, 6) is -1.33. The summed E-state index contributed by atoms with van der Waals surface area (Å²) in [6, 6.07) is 9.34. The van der Waals surface area contributed by atoms with Gasteiger partial charge >= 0.3 is 6.18 Å². The molecule has 162 valence electrons. The summed E-state index contributed by atoms with van der Waals surface area (Å²) in [5, 5.41) is 5.34. The highest BCUT2D eigenvalue weighted by Gasteiger charge is 2.30. The number of carbonyl (C=O) groups is 2. The quantitative estimate of drug-likeness (QED) is 0.587. The molecular weight excluding hydrogens is 447 g/mol. The van der Waals surface area contributed by atoms with Crippen LogP contribution >= 0.6 is 11.6 Å². The third kappa shape index (κ3) is 6.71. The van der Waals surface area contributed by atoms with Crippen LogP contribution in [0.1, 0.15) is 15.9 Å². The first kappa shape index (κ1) is 23.6. The van der Waals surface area contributed by atoms with Crippen molar-refractivity contribution in [3.05, 3.63) is 58.6 Å². The van der Waals surface area contributed by atoms with E-state index in [1.807, 2.05) is 0 Å². The number of hydrogen-bond donors (Lipinski definition) is 3. The minimum absolute atomic E-state index is 0.142. The van der Waals surface area contributed by atoms with Crippen LogP contribution in [0.15, 0.2) is 47.4 Å². The zero-order valence-electron chi connectivity index (χ0n) is 15.5. The van der Waals surface area contributed by atoms with Crippen LogP contribution in [-0.4, -0.2) is 39.5 Å². The van der Waals surface area contributed by atoms with Crippen molar-refractivity contribution in [1.29, 1.82) is 0 Å². The van der Waals surface area contributed by atoms with Crippen LogP contribution in [0.25, 0.3) is 0 Å². The second kappa shape index (κ2) is 9.45. The molecule has 0 heterocycles. The predicted molar refractivity (Wildman–Crippen MR) is 105 cm³/mol. The van der Waals surface area contributed by atoms with Crippen molar-refractivity contribution < 1.29 is 31.2 Å². The van der Waals surface area contributed by atoms with Crippen LogP contribution in [0.4, 0.5) is 18.9 Å².